The molecule has 2 aromatic heterocycles. The predicted octanol–water partition coefficient (Wildman–Crippen LogP) is 6.12. The van der Waals surface area contributed by atoms with Crippen LogP contribution in [0.4, 0.5) is 5.69 Å². The van der Waals surface area contributed by atoms with Gasteiger partial charge in [-0.15, -0.1) is 0 Å². The third-order valence-corrected chi connectivity index (χ3v) is 5.94. The Hall–Kier alpha value is -4.85. The van der Waals surface area contributed by atoms with Crippen LogP contribution < -0.4 is 0 Å². The Kier molecular flexibility index (Phi) is 6.00. The molecule has 0 saturated carbocycles. The molecule has 0 aliphatic carbocycles. The van der Waals surface area contributed by atoms with Crippen LogP contribution in [0.5, 0.6) is 0 Å². The highest BCUT2D eigenvalue weighted by Crippen LogP contribution is 2.37. The number of rotatable bonds is 6. The largest absolute Gasteiger partial charge is 0.462 e. The molecule has 0 unspecified atom stereocenters. The molecule has 0 bridgehead atoms. The van der Waals surface area contributed by atoms with Gasteiger partial charge < -0.3 is 4.74 Å². The Bertz CT molecular complexity index is 1580. The third kappa shape index (κ3) is 3.98. The molecule has 3 aromatic carbocycles. The standard InChI is InChI=1S/C28H22N4O4/c1-3-36-28(33)23-18(2)31-27(24(23)19-14-16-22(17-15-19)32(34)35)29-25(20-10-6-4-7-11-20)26(30-31)21-12-8-5-9-13-21/h4-17H,3H2,1-2H3. The molecule has 0 aliphatic heterocycles. The van der Waals surface area contributed by atoms with Crippen LogP contribution >= 0.6 is 0 Å². The number of non-ortho nitro benzene ring substituents is 1. The number of carbonyl (C=O) groups is 1. The Morgan fingerprint density at radius 2 is 1.47 bits per heavy atom. The van der Waals surface area contributed by atoms with E-state index in [1.807, 2.05) is 60.7 Å². The second-order valence-electron chi connectivity index (χ2n) is 8.14. The number of carbonyl (C=O) groups excluding carboxylic acids is 1. The van der Waals surface area contributed by atoms with Gasteiger partial charge in [-0.25, -0.2) is 14.3 Å². The zero-order chi connectivity index (χ0) is 25.2. The van der Waals surface area contributed by atoms with Crippen molar-refractivity contribution >= 4 is 17.3 Å². The van der Waals surface area contributed by atoms with E-state index in [-0.39, 0.29) is 12.3 Å². The topological polar surface area (TPSA) is 99.6 Å². The molecule has 0 aliphatic rings. The van der Waals surface area contributed by atoms with Gasteiger partial charge in [0.25, 0.3) is 5.69 Å². The lowest BCUT2D eigenvalue weighted by molar-refractivity contribution is -0.384. The summed E-state index contributed by atoms with van der Waals surface area (Å²) in [5, 5.41) is 16.2. The van der Waals surface area contributed by atoms with Crippen LogP contribution in [0, 0.1) is 17.0 Å². The van der Waals surface area contributed by atoms with E-state index in [9.17, 15) is 14.9 Å². The van der Waals surface area contributed by atoms with Gasteiger partial charge in [0.2, 0.25) is 0 Å². The van der Waals surface area contributed by atoms with Crippen LogP contribution in [0.1, 0.15) is 23.0 Å². The molecule has 0 fully saturated rings. The Morgan fingerprint density at radius 3 is 2.03 bits per heavy atom. The summed E-state index contributed by atoms with van der Waals surface area (Å²) in [4.78, 5) is 28.9. The van der Waals surface area contributed by atoms with E-state index in [2.05, 4.69) is 0 Å². The molecule has 0 N–H and O–H groups in total. The van der Waals surface area contributed by atoms with Crippen molar-refractivity contribution in [2.75, 3.05) is 6.61 Å². The average Bonchev–Trinajstić information content (AvgIpc) is 3.20. The second kappa shape index (κ2) is 9.42. The van der Waals surface area contributed by atoms with E-state index in [1.165, 1.54) is 12.1 Å². The molecular weight excluding hydrogens is 456 g/mol. The van der Waals surface area contributed by atoms with Gasteiger partial charge >= 0.3 is 5.97 Å². The number of nitrogens with zero attached hydrogens (tertiary/aromatic N) is 4. The Labute approximate surface area is 207 Å². The maximum absolute atomic E-state index is 13.1. The molecule has 0 saturated heterocycles. The molecule has 5 rings (SSSR count). The summed E-state index contributed by atoms with van der Waals surface area (Å²) >= 11 is 0. The molecule has 0 radical (unpaired) electrons. The summed E-state index contributed by atoms with van der Waals surface area (Å²) < 4.78 is 7.03. The van der Waals surface area contributed by atoms with E-state index in [4.69, 9.17) is 14.8 Å². The minimum atomic E-state index is -0.502. The van der Waals surface area contributed by atoms with Crippen LogP contribution in [0.3, 0.4) is 0 Å². The first kappa shape index (κ1) is 22.9. The molecule has 0 atom stereocenters. The molecule has 5 aromatic rings. The van der Waals surface area contributed by atoms with Gasteiger partial charge in [-0.2, -0.15) is 5.10 Å². The highest BCUT2D eigenvalue weighted by molar-refractivity contribution is 6.04. The van der Waals surface area contributed by atoms with E-state index in [0.717, 1.165) is 11.1 Å². The van der Waals surface area contributed by atoms with Crippen LogP contribution in [0.25, 0.3) is 39.3 Å². The van der Waals surface area contributed by atoms with E-state index in [1.54, 1.807) is 30.5 Å². The van der Waals surface area contributed by atoms with Crippen molar-refractivity contribution in [2.45, 2.75) is 13.8 Å². The smallest absolute Gasteiger partial charge is 0.340 e. The Morgan fingerprint density at radius 1 is 0.889 bits per heavy atom. The number of nitro groups is 1. The summed E-state index contributed by atoms with van der Waals surface area (Å²) in [6.07, 6.45) is 0. The number of aryl methyl sites for hydroxylation is 1. The number of fused-ring (bicyclic) bond motifs is 1. The lowest BCUT2D eigenvalue weighted by Gasteiger charge is -2.11. The number of aromatic nitrogens is 3. The van der Waals surface area contributed by atoms with Crippen LogP contribution in [-0.4, -0.2) is 32.1 Å². The van der Waals surface area contributed by atoms with Gasteiger partial charge in [0.1, 0.15) is 11.4 Å². The van der Waals surface area contributed by atoms with Crippen LogP contribution in [0.15, 0.2) is 84.9 Å². The fourth-order valence-corrected chi connectivity index (χ4v) is 4.26. The lowest BCUT2D eigenvalue weighted by Crippen LogP contribution is -2.07. The molecule has 2 heterocycles. The van der Waals surface area contributed by atoms with Gasteiger partial charge in [-0.05, 0) is 31.5 Å². The van der Waals surface area contributed by atoms with Crippen molar-refractivity contribution in [2.24, 2.45) is 0 Å². The van der Waals surface area contributed by atoms with Gasteiger partial charge in [-0.3, -0.25) is 10.1 Å². The summed E-state index contributed by atoms with van der Waals surface area (Å²) in [6.45, 7) is 3.74. The first-order valence-corrected chi connectivity index (χ1v) is 11.5. The van der Waals surface area contributed by atoms with Crippen molar-refractivity contribution in [1.82, 2.24) is 14.6 Å². The zero-order valence-electron chi connectivity index (χ0n) is 19.7. The van der Waals surface area contributed by atoms with Crippen molar-refractivity contribution in [3.05, 3.63) is 106 Å². The molecule has 178 valence electrons. The first-order chi connectivity index (χ1) is 17.5. The first-order valence-electron chi connectivity index (χ1n) is 11.5. The minimum absolute atomic E-state index is 0.0425. The molecule has 8 heteroatoms. The SMILES string of the molecule is CCOC(=O)c1c(-c2ccc([N+](=O)[O-])cc2)c2nc(-c3ccccc3)c(-c3ccccc3)nn2c1C. The fraction of sp³-hybridized carbons (Fsp3) is 0.107. The van der Waals surface area contributed by atoms with Crippen molar-refractivity contribution in [3.63, 3.8) is 0 Å². The number of ether oxygens (including phenoxy) is 1. The highest BCUT2D eigenvalue weighted by Gasteiger charge is 2.27. The molecule has 0 amide bonds. The monoisotopic (exact) mass is 478 g/mol. The summed E-state index contributed by atoms with van der Waals surface area (Å²) in [5.74, 6) is -0.502. The van der Waals surface area contributed by atoms with Crippen molar-refractivity contribution in [1.29, 1.82) is 0 Å². The van der Waals surface area contributed by atoms with Gasteiger partial charge in [-0.1, -0.05) is 60.7 Å². The van der Waals surface area contributed by atoms with Crippen LogP contribution in [-0.2, 0) is 4.74 Å². The molecular formula is C28H22N4O4. The maximum Gasteiger partial charge on any atom is 0.340 e. The molecule has 0 spiro atoms. The maximum atomic E-state index is 13.1. The molecule has 8 nitrogen and oxygen atoms in total. The van der Waals surface area contributed by atoms with Crippen LogP contribution in [0.2, 0.25) is 0 Å². The minimum Gasteiger partial charge on any atom is -0.462 e. The second-order valence-corrected chi connectivity index (χ2v) is 8.14. The van der Waals surface area contributed by atoms with E-state index >= 15 is 0 Å². The van der Waals surface area contributed by atoms with Gasteiger partial charge in [0.15, 0.2) is 5.65 Å². The summed E-state index contributed by atoms with van der Waals surface area (Å²) in [6, 6.07) is 25.5. The summed E-state index contributed by atoms with van der Waals surface area (Å²) in [5.41, 5.74) is 5.52. The Balaban J connectivity index is 1.86. The molecule has 36 heavy (non-hydrogen) atoms. The number of esters is 1. The van der Waals surface area contributed by atoms with Crippen molar-refractivity contribution < 1.29 is 14.5 Å². The number of hydrogen-bond acceptors (Lipinski definition) is 6. The summed E-state index contributed by atoms with van der Waals surface area (Å²) in [7, 11) is 0. The number of benzene rings is 3. The average molecular weight is 479 g/mol. The highest BCUT2D eigenvalue weighted by atomic mass is 16.6. The quantitative estimate of drug-likeness (QED) is 0.165. The predicted molar refractivity (Wildman–Crippen MR) is 137 cm³/mol. The van der Waals surface area contributed by atoms with E-state index in [0.29, 0.717) is 39.4 Å². The van der Waals surface area contributed by atoms with Gasteiger partial charge in [0.05, 0.1) is 22.8 Å². The number of hydrogen-bond donors (Lipinski definition) is 0. The van der Waals surface area contributed by atoms with E-state index < -0.39 is 10.9 Å². The lowest BCUT2D eigenvalue weighted by atomic mass is 10.0. The number of nitro benzene ring substituents is 1. The normalized spacial score (nSPS) is 10.9. The third-order valence-electron chi connectivity index (χ3n) is 5.94. The zero-order valence-corrected chi connectivity index (χ0v) is 19.7. The van der Waals surface area contributed by atoms with Crippen molar-refractivity contribution in [3.8, 4) is 33.6 Å². The van der Waals surface area contributed by atoms with Gasteiger partial charge in [0, 0.05) is 28.8 Å². The fourth-order valence-electron chi connectivity index (χ4n) is 4.26.